The molecule has 2 N–H and O–H groups in total. The molecule has 0 radical (unpaired) electrons. The molecule has 0 saturated heterocycles. The van der Waals surface area contributed by atoms with E-state index in [1.54, 1.807) is 35.6 Å². The summed E-state index contributed by atoms with van der Waals surface area (Å²) in [6.45, 7) is 2.71. The van der Waals surface area contributed by atoms with Gasteiger partial charge in [0.15, 0.2) is 5.11 Å². The van der Waals surface area contributed by atoms with Gasteiger partial charge in [0.2, 0.25) is 0 Å². The molecule has 2 rings (SSSR count). The van der Waals surface area contributed by atoms with E-state index in [4.69, 9.17) is 12.2 Å². The number of nitrogens with zero attached hydrogens (tertiary/aromatic N) is 1. The summed E-state index contributed by atoms with van der Waals surface area (Å²) < 4.78 is 24.8. The summed E-state index contributed by atoms with van der Waals surface area (Å²) in [5, 5.41) is 5.95. The van der Waals surface area contributed by atoms with Crippen molar-refractivity contribution in [1.29, 1.82) is 0 Å². The topological polar surface area (TPSA) is 19.7 Å². The lowest BCUT2D eigenvalue weighted by atomic mass is 10.3. The predicted molar refractivity (Wildman–Crippen MR) is 112 cm³/mol. The minimum atomic E-state index is -2.41. The Morgan fingerprint density at radius 2 is 2.00 bits per heavy atom. The van der Waals surface area contributed by atoms with E-state index in [1.807, 2.05) is 6.07 Å². The maximum atomic E-state index is 12.4. The van der Waals surface area contributed by atoms with Crippen LogP contribution in [0, 0.1) is 0 Å². The molecule has 1 heterocycles. The Bertz CT molecular complexity index is 661. The van der Waals surface area contributed by atoms with E-state index in [9.17, 15) is 8.78 Å². The average Bonchev–Trinajstić information content (AvgIpc) is 3.08. The zero-order chi connectivity index (χ0) is 18.9. The highest BCUT2D eigenvalue weighted by Crippen LogP contribution is 2.26. The Balaban J connectivity index is 1.97. The SMILES string of the molecule is C[NH+](C)CCCN(Cc1cccs1)C(=S)Nc1ccc(SC(F)F)cc1. The van der Waals surface area contributed by atoms with Crippen molar-refractivity contribution in [3.05, 3.63) is 46.7 Å². The zero-order valence-electron chi connectivity index (χ0n) is 14.9. The molecule has 0 fully saturated rings. The highest BCUT2D eigenvalue weighted by molar-refractivity contribution is 7.99. The molecule has 0 spiro atoms. The number of halogens is 2. The second-order valence-corrected chi connectivity index (χ2v) is 8.63. The number of quaternary nitrogens is 1. The van der Waals surface area contributed by atoms with Crippen LogP contribution in [0.1, 0.15) is 11.3 Å². The van der Waals surface area contributed by atoms with Crippen molar-refractivity contribution in [1.82, 2.24) is 4.90 Å². The van der Waals surface area contributed by atoms with Crippen LogP contribution in [0.25, 0.3) is 0 Å². The van der Waals surface area contributed by atoms with Crippen molar-refractivity contribution >= 4 is 46.1 Å². The summed E-state index contributed by atoms with van der Waals surface area (Å²) >= 11 is 7.86. The van der Waals surface area contributed by atoms with Crippen LogP contribution in [-0.2, 0) is 6.54 Å². The van der Waals surface area contributed by atoms with Crippen LogP contribution >= 0.6 is 35.3 Å². The third kappa shape index (κ3) is 7.57. The molecule has 0 aliphatic heterocycles. The minimum Gasteiger partial charge on any atom is -0.344 e. The molecule has 3 nitrogen and oxygen atoms in total. The predicted octanol–water partition coefficient (Wildman–Crippen LogP) is 3.80. The molecule has 0 saturated carbocycles. The summed E-state index contributed by atoms with van der Waals surface area (Å²) in [4.78, 5) is 5.37. The average molecular weight is 417 g/mol. The van der Waals surface area contributed by atoms with Gasteiger partial charge in [-0.15, -0.1) is 11.3 Å². The highest BCUT2D eigenvalue weighted by atomic mass is 32.2. The monoisotopic (exact) mass is 416 g/mol. The zero-order valence-corrected chi connectivity index (χ0v) is 17.3. The molecule has 0 aliphatic carbocycles. The number of thioether (sulfide) groups is 1. The van der Waals surface area contributed by atoms with Gasteiger partial charge in [0.25, 0.3) is 5.76 Å². The third-order valence-electron chi connectivity index (χ3n) is 3.65. The van der Waals surface area contributed by atoms with Gasteiger partial charge in [0.05, 0.1) is 27.2 Å². The molecule has 2 aromatic rings. The summed E-state index contributed by atoms with van der Waals surface area (Å²) in [5.74, 6) is -2.41. The first kappa shape index (κ1) is 21.1. The molecule has 0 bridgehead atoms. The maximum absolute atomic E-state index is 12.4. The number of alkyl halides is 2. The van der Waals surface area contributed by atoms with Crippen LogP contribution in [0.3, 0.4) is 0 Å². The largest absolute Gasteiger partial charge is 0.344 e. The van der Waals surface area contributed by atoms with Gasteiger partial charge in [-0.2, -0.15) is 8.78 Å². The van der Waals surface area contributed by atoms with Gasteiger partial charge in [-0.3, -0.25) is 0 Å². The minimum absolute atomic E-state index is 0.542. The Labute approximate surface area is 167 Å². The van der Waals surface area contributed by atoms with Crippen LogP contribution in [-0.4, -0.2) is 43.0 Å². The van der Waals surface area contributed by atoms with Crippen LogP contribution in [0.5, 0.6) is 0 Å². The van der Waals surface area contributed by atoms with Gasteiger partial charge in [0, 0.05) is 28.4 Å². The molecule has 1 aromatic heterocycles. The maximum Gasteiger partial charge on any atom is 0.288 e. The van der Waals surface area contributed by atoms with Crippen LogP contribution in [0.4, 0.5) is 14.5 Å². The first-order valence-electron chi connectivity index (χ1n) is 8.36. The summed E-state index contributed by atoms with van der Waals surface area (Å²) in [6, 6.07) is 11.1. The summed E-state index contributed by atoms with van der Waals surface area (Å²) in [6.07, 6.45) is 1.04. The van der Waals surface area contributed by atoms with Crippen LogP contribution in [0.2, 0.25) is 0 Å². The van der Waals surface area contributed by atoms with Crippen molar-refractivity contribution in [2.75, 3.05) is 32.5 Å². The van der Waals surface area contributed by atoms with Gasteiger partial charge < -0.3 is 15.1 Å². The molecule has 0 unspecified atom stereocenters. The Kier molecular flexibility index (Phi) is 8.77. The first-order chi connectivity index (χ1) is 12.4. The molecule has 142 valence electrons. The molecular formula is C18H24F2N3S3+. The van der Waals surface area contributed by atoms with E-state index in [0.29, 0.717) is 21.8 Å². The van der Waals surface area contributed by atoms with Gasteiger partial charge in [0.1, 0.15) is 0 Å². The van der Waals surface area contributed by atoms with Crippen molar-refractivity contribution in [2.45, 2.75) is 23.6 Å². The number of benzene rings is 1. The Hall–Kier alpha value is -1.22. The molecule has 26 heavy (non-hydrogen) atoms. The summed E-state index contributed by atoms with van der Waals surface area (Å²) in [7, 11) is 4.28. The summed E-state index contributed by atoms with van der Waals surface area (Å²) in [5.41, 5.74) is 0.808. The Morgan fingerprint density at radius 1 is 1.27 bits per heavy atom. The van der Waals surface area contributed by atoms with Gasteiger partial charge >= 0.3 is 0 Å². The number of anilines is 1. The van der Waals surface area contributed by atoms with E-state index in [0.717, 1.165) is 31.7 Å². The number of nitrogens with one attached hydrogen (secondary N) is 2. The van der Waals surface area contributed by atoms with Crippen molar-refractivity contribution in [3.8, 4) is 0 Å². The Morgan fingerprint density at radius 3 is 2.58 bits per heavy atom. The van der Waals surface area contributed by atoms with E-state index < -0.39 is 5.76 Å². The second-order valence-electron chi connectivity index (χ2n) is 6.14. The molecular weight excluding hydrogens is 392 g/mol. The molecule has 0 amide bonds. The highest BCUT2D eigenvalue weighted by Gasteiger charge is 2.12. The van der Waals surface area contributed by atoms with Gasteiger partial charge in [-0.05, 0) is 47.9 Å². The number of thiocarbonyl (C=S) groups is 1. The van der Waals surface area contributed by atoms with E-state index in [-0.39, 0.29) is 0 Å². The van der Waals surface area contributed by atoms with E-state index in [1.165, 1.54) is 9.78 Å². The number of hydrogen-bond donors (Lipinski definition) is 2. The lowest BCUT2D eigenvalue weighted by Crippen LogP contribution is -3.05. The molecule has 8 heteroatoms. The molecule has 1 aromatic carbocycles. The standard InChI is InChI=1S/C18H23F2N3S3/c1-22(2)10-4-11-23(13-16-5-3-12-25-16)18(24)21-14-6-8-15(9-7-14)26-17(19)20/h3,5-9,12,17H,4,10-11,13H2,1-2H3,(H,21,24)/p+1. The van der Waals surface area contributed by atoms with Crippen LogP contribution < -0.4 is 10.2 Å². The van der Waals surface area contributed by atoms with Gasteiger partial charge in [-0.1, -0.05) is 17.8 Å². The number of rotatable bonds is 9. The van der Waals surface area contributed by atoms with E-state index >= 15 is 0 Å². The molecule has 0 aliphatic rings. The lowest BCUT2D eigenvalue weighted by Gasteiger charge is -2.25. The second kappa shape index (κ2) is 10.8. The van der Waals surface area contributed by atoms with E-state index in [2.05, 4.69) is 35.8 Å². The third-order valence-corrected chi connectivity index (χ3v) is 5.59. The van der Waals surface area contributed by atoms with Crippen molar-refractivity contribution in [2.24, 2.45) is 0 Å². The van der Waals surface area contributed by atoms with Crippen molar-refractivity contribution in [3.63, 3.8) is 0 Å². The van der Waals surface area contributed by atoms with Crippen molar-refractivity contribution < 1.29 is 13.7 Å². The fourth-order valence-corrected chi connectivity index (χ4v) is 3.88. The smallest absolute Gasteiger partial charge is 0.288 e. The quantitative estimate of drug-likeness (QED) is 0.479. The van der Waals surface area contributed by atoms with Crippen LogP contribution in [0.15, 0.2) is 46.7 Å². The first-order valence-corrected chi connectivity index (χ1v) is 10.5. The fourth-order valence-electron chi connectivity index (χ4n) is 2.39. The number of thiophene rings is 1. The normalized spacial score (nSPS) is 11.2. The molecule has 0 atom stereocenters. The lowest BCUT2D eigenvalue weighted by molar-refractivity contribution is -0.858. The fraction of sp³-hybridized carbons (Fsp3) is 0.389. The van der Waals surface area contributed by atoms with Gasteiger partial charge in [-0.25, -0.2) is 0 Å². The number of hydrogen-bond acceptors (Lipinski definition) is 3.